The Balaban J connectivity index is 1.39. The molecule has 1 aliphatic rings. The van der Waals surface area contributed by atoms with Crippen molar-refractivity contribution in [2.75, 3.05) is 18.4 Å². The molecule has 0 radical (unpaired) electrons. The molecule has 3 aromatic heterocycles. The van der Waals surface area contributed by atoms with Crippen molar-refractivity contribution in [1.82, 2.24) is 9.29 Å². The minimum atomic E-state index is -3.43. The van der Waals surface area contributed by atoms with Gasteiger partial charge >= 0.3 is 0 Å². The molecule has 0 spiro atoms. The number of amides is 1. The first kappa shape index (κ1) is 19.7. The quantitative estimate of drug-likeness (QED) is 0.606. The molecule has 1 aliphatic heterocycles. The van der Waals surface area contributed by atoms with E-state index >= 15 is 0 Å². The highest BCUT2D eigenvalue weighted by Crippen LogP contribution is 2.31. The Labute approximate surface area is 175 Å². The van der Waals surface area contributed by atoms with Gasteiger partial charge < -0.3 is 5.32 Å². The molecule has 0 atom stereocenters. The van der Waals surface area contributed by atoms with Crippen LogP contribution >= 0.6 is 34.0 Å². The predicted octanol–water partition coefficient (Wildman–Crippen LogP) is 4.21. The van der Waals surface area contributed by atoms with Crippen molar-refractivity contribution in [1.29, 1.82) is 0 Å². The lowest BCUT2D eigenvalue weighted by Crippen LogP contribution is -2.27. The molecule has 3 aromatic rings. The number of rotatable bonds is 6. The van der Waals surface area contributed by atoms with Gasteiger partial charge in [-0.05, 0) is 44.0 Å². The van der Waals surface area contributed by atoms with Crippen LogP contribution in [0.5, 0.6) is 0 Å². The molecule has 1 fully saturated rings. The molecule has 6 nitrogen and oxygen atoms in total. The highest BCUT2D eigenvalue weighted by atomic mass is 32.2. The van der Waals surface area contributed by atoms with E-state index in [1.54, 1.807) is 23.5 Å². The van der Waals surface area contributed by atoms with Crippen LogP contribution in [-0.4, -0.2) is 36.7 Å². The summed E-state index contributed by atoms with van der Waals surface area (Å²) in [6.45, 7) is 3.20. The zero-order valence-corrected chi connectivity index (χ0v) is 18.4. The van der Waals surface area contributed by atoms with Crippen molar-refractivity contribution in [3.63, 3.8) is 0 Å². The van der Waals surface area contributed by atoms with Gasteiger partial charge in [0.25, 0.3) is 10.0 Å². The van der Waals surface area contributed by atoms with E-state index in [2.05, 4.69) is 10.3 Å². The lowest BCUT2D eigenvalue weighted by molar-refractivity contribution is -0.115. The second-order valence-corrected chi connectivity index (χ2v) is 12.0. The number of aromatic nitrogens is 1. The third-order valence-electron chi connectivity index (χ3n) is 4.37. The fourth-order valence-electron chi connectivity index (χ4n) is 2.99. The number of nitrogens with zero attached hydrogens (tertiary/aromatic N) is 2. The highest BCUT2D eigenvalue weighted by Gasteiger charge is 2.28. The highest BCUT2D eigenvalue weighted by molar-refractivity contribution is 7.91. The fraction of sp³-hybridized carbons (Fsp3) is 0.333. The van der Waals surface area contributed by atoms with Gasteiger partial charge in [0.05, 0.1) is 17.0 Å². The molecule has 4 rings (SSSR count). The zero-order chi connectivity index (χ0) is 19.7. The first-order chi connectivity index (χ1) is 13.4. The van der Waals surface area contributed by atoms with E-state index in [0.29, 0.717) is 22.4 Å². The second-order valence-electron chi connectivity index (χ2n) is 6.51. The first-order valence-electron chi connectivity index (χ1n) is 8.83. The van der Waals surface area contributed by atoms with Crippen LogP contribution in [0.25, 0.3) is 10.6 Å². The number of thiophene rings is 2. The van der Waals surface area contributed by atoms with Crippen LogP contribution in [-0.2, 0) is 21.2 Å². The van der Waals surface area contributed by atoms with Crippen LogP contribution in [0, 0.1) is 6.92 Å². The molecule has 0 bridgehead atoms. The Hall–Kier alpha value is -1.59. The standard InChI is InChI=1S/C18H19N3O3S4/c1-12-4-6-15(26-12)14-11-25-18(19-14)20-16(22)10-13-5-7-17(27-13)28(23,24)21-8-2-3-9-21/h4-7,11H,2-3,8-10H2,1H3,(H,19,20,22). The first-order valence-corrected chi connectivity index (χ1v) is 12.8. The average Bonchev–Trinajstić information content (AvgIpc) is 3.42. The molecule has 0 unspecified atom stereocenters. The normalized spacial score (nSPS) is 15.2. The topological polar surface area (TPSA) is 79.4 Å². The number of hydrogen-bond acceptors (Lipinski definition) is 7. The maximum Gasteiger partial charge on any atom is 0.252 e. The van der Waals surface area contributed by atoms with E-state index in [9.17, 15) is 13.2 Å². The molecule has 1 N–H and O–H groups in total. The number of carbonyl (C=O) groups is 1. The molecular weight excluding hydrogens is 434 g/mol. The van der Waals surface area contributed by atoms with Crippen LogP contribution in [0.2, 0.25) is 0 Å². The Bertz CT molecular complexity index is 1090. The number of sulfonamides is 1. The molecule has 4 heterocycles. The van der Waals surface area contributed by atoms with E-state index in [0.717, 1.165) is 39.6 Å². The zero-order valence-electron chi connectivity index (χ0n) is 15.2. The van der Waals surface area contributed by atoms with Gasteiger partial charge in [-0.1, -0.05) is 0 Å². The molecule has 28 heavy (non-hydrogen) atoms. The van der Waals surface area contributed by atoms with Gasteiger partial charge in [-0.3, -0.25) is 4.79 Å². The molecular formula is C18H19N3O3S4. The van der Waals surface area contributed by atoms with Gasteiger partial charge in [-0.2, -0.15) is 4.31 Å². The number of thiazole rings is 1. The Kier molecular flexibility index (Phi) is 5.66. The summed E-state index contributed by atoms with van der Waals surface area (Å²) < 4.78 is 27.0. The average molecular weight is 454 g/mol. The van der Waals surface area contributed by atoms with Gasteiger partial charge in [0, 0.05) is 28.2 Å². The number of carbonyl (C=O) groups excluding carboxylic acids is 1. The summed E-state index contributed by atoms with van der Waals surface area (Å²) in [5.74, 6) is -0.199. The molecule has 0 saturated carbocycles. The summed E-state index contributed by atoms with van der Waals surface area (Å²) >= 11 is 4.21. The van der Waals surface area contributed by atoms with E-state index < -0.39 is 10.0 Å². The third-order valence-corrected chi connectivity index (χ3v) is 9.61. The van der Waals surface area contributed by atoms with Gasteiger partial charge in [0.2, 0.25) is 5.91 Å². The molecule has 10 heteroatoms. The summed E-state index contributed by atoms with van der Waals surface area (Å²) in [5, 5.41) is 5.28. The van der Waals surface area contributed by atoms with Crippen molar-refractivity contribution >= 4 is 55.1 Å². The molecule has 1 saturated heterocycles. The summed E-state index contributed by atoms with van der Waals surface area (Å²) in [6, 6.07) is 7.38. The molecule has 1 amide bonds. The number of aryl methyl sites for hydroxylation is 1. The van der Waals surface area contributed by atoms with Crippen LogP contribution in [0.4, 0.5) is 5.13 Å². The van der Waals surface area contributed by atoms with Crippen LogP contribution < -0.4 is 5.32 Å². The lowest BCUT2D eigenvalue weighted by Gasteiger charge is -2.13. The minimum Gasteiger partial charge on any atom is -0.302 e. The van der Waals surface area contributed by atoms with Gasteiger partial charge in [0.1, 0.15) is 4.21 Å². The monoisotopic (exact) mass is 453 g/mol. The van der Waals surface area contributed by atoms with Crippen LogP contribution in [0.15, 0.2) is 33.9 Å². The van der Waals surface area contributed by atoms with Crippen molar-refractivity contribution < 1.29 is 13.2 Å². The van der Waals surface area contributed by atoms with Crippen molar-refractivity contribution in [2.24, 2.45) is 0 Å². The largest absolute Gasteiger partial charge is 0.302 e. The van der Waals surface area contributed by atoms with Gasteiger partial charge in [-0.15, -0.1) is 34.0 Å². The maximum atomic E-state index is 12.6. The van der Waals surface area contributed by atoms with Crippen LogP contribution in [0.3, 0.4) is 0 Å². The van der Waals surface area contributed by atoms with E-state index in [4.69, 9.17) is 0 Å². The molecule has 0 aromatic carbocycles. The molecule has 0 aliphatic carbocycles. The van der Waals surface area contributed by atoms with Gasteiger partial charge in [0.15, 0.2) is 5.13 Å². The number of anilines is 1. The maximum absolute atomic E-state index is 12.6. The predicted molar refractivity (Wildman–Crippen MR) is 115 cm³/mol. The van der Waals surface area contributed by atoms with Crippen LogP contribution in [0.1, 0.15) is 22.6 Å². The van der Waals surface area contributed by atoms with E-state index in [1.807, 2.05) is 24.4 Å². The third kappa shape index (κ3) is 4.20. The van der Waals surface area contributed by atoms with Crippen molar-refractivity contribution in [2.45, 2.75) is 30.4 Å². The Morgan fingerprint density at radius 1 is 1.18 bits per heavy atom. The Morgan fingerprint density at radius 3 is 2.68 bits per heavy atom. The smallest absolute Gasteiger partial charge is 0.252 e. The number of nitrogens with one attached hydrogen (secondary N) is 1. The van der Waals surface area contributed by atoms with Crippen molar-refractivity contribution in [3.8, 4) is 10.6 Å². The van der Waals surface area contributed by atoms with E-state index in [1.165, 1.54) is 20.5 Å². The minimum absolute atomic E-state index is 0.132. The lowest BCUT2D eigenvalue weighted by atomic mass is 10.3. The summed E-state index contributed by atoms with van der Waals surface area (Å²) in [5.41, 5.74) is 0.855. The summed E-state index contributed by atoms with van der Waals surface area (Å²) in [6.07, 6.45) is 1.94. The van der Waals surface area contributed by atoms with Gasteiger partial charge in [-0.25, -0.2) is 13.4 Å². The summed E-state index contributed by atoms with van der Waals surface area (Å²) in [7, 11) is -3.43. The van der Waals surface area contributed by atoms with Crippen molar-refractivity contribution in [3.05, 3.63) is 39.4 Å². The summed E-state index contributed by atoms with van der Waals surface area (Å²) in [4.78, 5) is 19.8. The number of hydrogen-bond donors (Lipinski definition) is 1. The Morgan fingerprint density at radius 2 is 1.96 bits per heavy atom. The van der Waals surface area contributed by atoms with E-state index in [-0.39, 0.29) is 12.3 Å². The SMILES string of the molecule is Cc1ccc(-c2csc(NC(=O)Cc3ccc(S(=O)(=O)N4CCCC4)s3)n2)s1. The molecule has 148 valence electrons. The fourth-order valence-corrected chi connectivity index (χ4v) is 7.64. The second kappa shape index (κ2) is 8.03.